The van der Waals surface area contributed by atoms with Crippen LogP contribution in [0.25, 0.3) is 0 Å². The standard InChI is InChI=1S/C19H27N5S/c1-2-20-19(22-14-18-9-5-12-25-18)21-13-16-7-3-4-8-17(16)15-24-11-6-10-23-24/h3-4,6-8,10-11,18H,2,5,9,12-15H2,1H3,(H2,20,21,22). The van der Waals surface area contributed by atoms with Crippen LogP contribution in [-0.2, 0) is 13.1 Å². The van der Waals surface area contributed by atoms with Gasteiger partial charge in [0.2, 0.25) is 0 Å². The summed E-state index contributed by atoms with van der Waals surface area (Å²) in [5.41, 5.74) is 2.50. The summed E-state index contributed by atoms with van der Waals surface area (Å²) in [7, 11) is 0. The molecule has 1 fully saturated rings. The van der Waals surface area contributed by atoms with Crippen molar-refractivity contribution in [3.8, 4) is 0 Å². The first-order chi connectivity index (χ1) is 12.3. The zero-order valence-electron chi connectivity index (χ0n) is 14.8. The Morgan fingerprint density at radius 1 is 1.28 bits per heavy atom. The van der Waals surface area contributed by atoms with Gasteiger partial charge in [0.25, 0.3) is 0 Å². The molecule has 2 N–H and O–H groups in total. The predicted octanol–water partition coefficient (Wildman–Crippen LogP) is 2.88. The van der Waals surface area contributed by atoms with Crippen molar-refractivity contribution >= 4 is 17.7 Å². The minimum Gasteiger partial charge on any atom is -0.357 e. The molecule has 6 heteroatoms. The quantitative estimate of drug-likeness (QED) is 0.591. The molecule has 1 saturated heterocycles. The Labute approximate surface area is 154 Å². The van der Waals surface area contributed by atoms with Crippen LogP contribution in [0.1, 0.15) is 30.9 Å². The second-order valence-electron chi connectivity index (χ2n) is 6.18. The van der Waals surface area contributed by atoms with E-state index in [1.807, 2.05) is 23.1 Å². The van der Waals surface area contributed by atoms with Gasteiger partial charge in [-0.1, -0.05) is 24.3 Å². The maximum Gasteiger partial charge on any atom is 0.191 e. The van der Waals surface area contributed by atoms with Crippen molar-refractivity contribution in [1.82, 2.24) is 20.4 Å². The van der Waals surface area contributed by atoms with Crippen LogP contribution in [0, 0.1) is 0 Å². The van der Waals surface area contributed by atoms with E-state index in [0.29, 0.717) is 6.54 Å². The molecular formula is C19H27N5S. The highest BCUT2D eigenvalue weighted by Crippen LogP contribution is 2.25. The van der Waals surface area contributed by atoms with Crippen LogP contribution in [-0.4, -0.2) is 39.8 Å². The van der Waals surface area contributed by atoms with Gasteiger partial charge in [-0.15, -0.1) is 0 Å². The maximum atomic E-state index is 4.79. The lowest BCUT2D eigenvalue weighted by Gasteiger charge is -2.15. The van der Waals surface area contributed by atoms with Crippen LogP contribution >= 0.6 is 11.8 Å². The number of aromatic nitrogens is 2. The fraction of sp³-hybridized carbons (Fsp3) is 0.474. The normalized spacial score (nSPS) is 17.6. The van der Waals surface area contributed by atoms with Gasteiger partial charge in [0.05, 0.1) is 13.1 Å². The Balaban J connectivity index is 1.63. The van der Waals surface area contributed by atoms with E-state index in [1.165, 1.54) is 29.7 Å². The summed E-state index contributed by atoms with van der Waals surface area (Å²) in [5.74, 6) is 2.20. The fourth-order valence-electron chi connectivity index (χ4n) is 2.96. The first kappa shape index (κ1) is 17.9. The summed E-state index contributed by atoms with van der Waals surface area (Å²) in [4.78, 5) is 4.79. The van der Waals surface area contributed by atoms with Crippen molar-refractivity contribution in [2.75, 3.05) is 18.8 Å². The number of rotatable bonds is 7. The first-order valence-electron chi connectivity index (χ1n) is 9.03. The predicted molar refractivity (Wildman–Crippen MR) is 106 cm³/mol. The third-order valence-corrected chi connectivity index (χ3v) is 5.68. The smallest absolute Gasteiger partial charge is 0.191 e. The largest absolute Gasteiger partial charge is 0.357 e. The summed E-state index contributed by atoms with van der Waals surface area (Å²) in [6.45, 7) is 5.42. The lowest BCUT2D eigenvalue weighted by atomic mass is 10.1. The summed E-state index contributed by atoms with van der Waals surface area (Å²) in [6, 6.07) is 10.4. The van der Waals surface area contributed by atoms with Gasteiger partial charge in [0.1, 0.15) is 0 Å². The molecular weight excluding hydrogens is 330 g/mol. The van der Waals surface area contributed by atoms with Gasteiger partial charge < -0.3 is 10.6 Å². The molecule has 1 aromatic heterocycles. The third-order valence-electron chi connectivity index (χ3n) is 4.28. The highest BCUT2D eigenvalue weighted by atomic mass is 32.2. The highest BCUT2D eigenvalue weighted by molar-refractivity contribution is 8.00. The molecule has 0 aliphatic carbocycles. The van der Waals surface area contributed by atoms with Crippen molar-refractivity contribution in [2.45, 2.75) is 38.1 Å². The lowest BCUT2D eigenvalue weighted by molar-refractivity contribution is 0.680. The molecule has 1 aliphatic rings. The number of nitrogens with one attached hydrogen (secondary N) is 2. The van der Waals surface area contributed by atoms with Crippen LogP contribution in [0.5, 0.6) is 0 Å². The molecule has 0 spiro atoms. The van der Waals surface area contributed by atoms with E-state index in [2.05, 4.69) is 58.7 Å². The number of guanidine groups is 1. The van der Waals surface area contributed by atoms with E-state index in [1.54, 1.807) is 0 Å². The number of aliphatic imine (C=N–C) groups is 1. The van der Waals surface area contributed by atoms with Crippen LogP contribution in [0.15, 0.2) is 47.7 Å². The highest BCUT2D eigenvalue weighted by Gasteiger charge is 2.15. The van der Waals surface area contributed by atoms with Crippen molar-refractivity contribution in [2.24, 2.45) is 4.99 Å². The van der Waals surface area contributed by atoms with Crippen LogP contribution in [0.4, 0.5) is 0 Å². The summed E-state index contributed by atoms with van der Waals surface area (Å²) >= 11 is 2.07. The molecule has 0 bridgehead atoms. The van der Waals surface area contributed by atoms with Crippen LogP contribution in [0.3, 0.4) is 0 Å². The molecule has 1 aliphatic heterocycles. The Hall–Kier alpha value is -1.95. The zero-order valence-corrected chi connectivity index (χ0v) is 15.6. The van der Waals surface area contributed by atoms with Crippen molar-refractivity contribution in [3.05, 3.63) is 53.9 Å². The fourth-order valence-corrected chi connectivity index (χ4v) is 4.16. The monoisotopic (exact) mass is 357 g/mol. The SMILES string of the molecule is CCNC(=NCc1ccccc1Cn1cccn1)NCC1CCCS1. The maximum absolute atomic E-state index is 4.79. The van der Waals surface area contributed by atoms with Gasteiger partial charge in [0, 0.05) is 30.7 Å². The molecule has 2 heterocycles. The average Bonchev–Trinajstić information content (AvgIpc) is 3.32. The van der Waals surface area contributed by atoms with Gasteiger partial charge in [-0.2, -0.15) is 16.9 Å². The van der Waals surface area contributed by atoms with E-state index in [9.17, 15) is 0 Å². The Kier molecular flexibility index (Phi) is 6.79. The second kappa shape index (κ2) is 9.51. The number of nitrogens with zero attached hydrogens (tertiary/aromatic N) is 3. The Morgan fingerprint density at radius 2 is 2.16 bits per heavy atom. The van der Waals surface area contributed by atoms with E-state index < -0.39 is 0 Å². The third kappa shape index (κ3) is 5.53. The van der Waals surface area contributed by atoms with E-state index >= 15 is 0 Å². The molecule has 1 atom stereocenters. The molecule has 0 radical (unpaired) electrons. The van der Waals surface area contributed by atoms with Gasteiger partial charge in [-0.25, -0.2) is 4.99 Å². The van der Waals surface area contributed by atoms with E-state index in [-0.39, 0.29) is 0 Å². The number of hydrogen-bond donors (Lipinski definition) is 2. The van der Waals surface area contributed by atoms with Crippen molar-refractivity contribution in [1.29, 1.82) is 0 Å². The van der Waals surface area contributed by atoms with E-state index in [4.69, 9.17) is 4.99 Å². The lowest BCUT2D eigenvalue weighted by Crippen LogP contribution is -2.40. The number of hydrogen-bond acceptors (Lipinski definition) is 3. The summed E-state index contributed by atoms with van der Waals surface area (Å²) in [6.07, 6.45) is 6.45. The van der Waals surface area contributed by atoms with Gasteiger partial charge in [-0.05, 0) is 42.7 Å². The molecule has 0 amide bonds. The second-order valence-corrected chi connectivity index (χ2v) is 7.59. The van der Waals surface area contributed by atoms with Crippen LogP contribution < -0.4 is 10.6 Å². The topological polar surface area (TPSA) is 54.2 Å². The first-order valence-corrected chi connectivity index (χ1v) is 10.1. The molecule has 1 aromatic carbocycles. The van der Waals surface area contributed by atoms with Gasteiger partial charge in [-0.3, -0.25) is 4.68 Å². The Morgan fingerprint density at radius 3 is 2.88 bits per heavy atom. The van der Waals surface area contributed by atoms with Crippen LogP contribution in [0.2, 0.25) is 0 Å². The number of benzene rings is 1. The average molecular weight is 358 g/mol. The molecule has 0 saturated carbocycles. The minimum absolute atomic E-state index is 0.671. The number of thioether (sulfide) groups is 1. The summed E-state index contributed by atoms with van der Waals surface area (Å²) < 4.78 is 1.95. The molecule has 134 valence electrons. The van der Waals surface area contributed by atoms with Gasteiger partial charge >= 0.3 is 0 Å². The summed E-state index contributed by atoms with van der Waals surface area (Å²) in [5, 5.41) is 11.9. The Bertz CT molecular complexity index is 662. The molecule has 3 rings (SSSR count). The van der Waals surface area contributed by atoms with Gasteiger partial charge in [0.15, 0.2) is 5.96 Å². The molecule has 25 heavy (non-hydrogen) atoms. The molecule has 2 aromatic rings. The molecule has 1 unspecified atom stereocenters. The van der Waals surface area contributed by atoms with E-state index in [0.717, 1.165) is 30.8 Å². The van der Waals surface area contributed by atoms with Crippen molar-refractivity contribution in [3.63, 3.8) is 0 Å². The molecule has 5 nitrogen and oxygen atoms in total. The minimum atomic E-state index is 0.671. The van der Waals surface area contributed by atoms with Crippen molar-refractivity contribution < 1.29 is 0 Å². The zero-order chi connectivity index (χ0) is 17.3.